The number of aromatic nitrogens is 2. The molecule has 1 aromatic heterocycles. The molecule has 0 atom stereocenters. The lowest BCUT2D eigenvalue weighted by Crippen LogP contribution is -2.27. The van der Waals surface area contributed by atoms with Gasteiger partial charge in [-0.15, -0.1) is 0 Å². The fourth-order valence-corrected chi connectivity index (χ4v) is 2.39. The maximum Gasteiger partial charge on any atom is 0.129 e. The standard InChI is InChI=1S/C14H23N3/c1-4-5-12-11-6-7-15-9-13(11)17-14(16-12)8-10(2)3/h10,15H,4-9H2,1-3H3. The third-order valence-electron chi connectivity index (χ3n) is 3.15. The van der Waals surface area contributed by atoms with Gasteiger partial charge in [0.05, 0.1) is 5.69 Å². The van der Waals surface area contributed by atoms with E-state index in [1.165, 1.54) is 17.0 Å². The van der Waals surface area contributed by atoms with Crippen molar-refractivity contribution in [2.24, 2.45) is 5.92 Å². The van der Waals surface area contributed by atoms with Crippen LogP contribution in [0, 0.1) is 5.92 Å². The van der Waals surface area contributed by atoms with Crippen LogP contribution in [-0.4, -0.2) is 16.5 Å². The summed E-state index contributed by atoms with van der Waals surface area (Å²) in [5.41, 5.74) is 3.96. The summed E-state index contributed by atoms with van der Waals surface area (Å²) >= 11 is 0. The fraction of sp³-hybridized carbons (Fsp3) is 0.714. The SMILES string of the molecule is CCCc1nc(CC(C)C)nc2c1CCNC2. The van der Waals surface area contributed by atoms with Crippen molar-refractivity contribution in [2.75, 3.05) is 6.54 Å². The van der Waals surface area contributed by atoms with Crippen molar-refractivity contribution >= 4 is 0 Å². The molecule has 17 heavy (non-hydrogen) atoms. The number of fused-ring (bicyclic) bond motifs is 1. The largest absolute Gasteiger partial charge is 0.311 e. The summed E-state index contributed by atoms with van der Waals surface area (Å²) in [6, 6.07) is 0. The monoisotopic (exact) mass is 233 g/mol. The summed E-state index contributed by atoms with van der Waals surface area (Å²) in [5, 5.41) is 3.40. The van der Waals surface area contributed by atoms with Crippen LogP contribution in [0.2, 0.25) is 0 Å². The molecule has 0 radical (unpaired) electrons. The minimum Gasteiger partial charge on any atom is -0.311 e. The molecule has 2 rings (SSSR count). The Bertz CT molecular complexity index is 385. The van der Waals surface area contributed by atoms with Gasteiger partial charge in [-0.05, 0) is 30.9 Å². The van der Waals surface area contributed by atoms with Crippen LogP contribution in [0.5, 0.6) is 0 Å². The highest BCUT2D eigenvalue weighted by atomic mass is 15.0. The van der Waals surface area contributed by atoms with Gasteiger partial charge in [-0.2, -0.15) is 0 Å². The van der Waals surface area contributed by atoms with Crippen LogP contribution >= 0.6 is 0 Å². The van der Waals surface area contributed by atoms with Crippen LogP contribution in [0.1, 0.15) is 50.0 Å². The highest BCUT2D eigenvalue weighted by molar-refractivity contribution is 5.28. The highest BCUT2D eigenvalue weighted by Gasteiger charge is 2.17. The summed E-state index contributed by atoms with van der Waals surface area (Å²) < 4.78 is 0. The lowest BCUT2D eigenvalue weighted by molar-refractivity contribution is 0.578. The zero-order valence-corrected chi connectivity index (χ0v) is 11.2. The predicted molar refractivity (Wildman–Crippen MR) is 70.0 cm³/mol. The molecule has 1 aliphatic rings. The second kappa shape index (κ2) is 5.58. The Labute approximate surface area is 104 Å². The average molecular weight is 233 g/mol. The molecule has 1 N–H and O–H groups in total. The van der Waals surface area contributed by atoms with Gasteiger partial charge in [0.2, 0.25) is 0 Å². The second-order valence-corrected chi connectivity index (χ2v) is 5.29. The smallest absolute Gasteiger partial charge is 0.129 e. The van der Waals surface area contributed by atoms with E-state index in [4.69, 9.17) is 9.97 Å². The first-order valence-corrected chi connectivity index (χ1v) is 6.79. The molecular weight excluding hydrogens is 210 g/mol. The van der Waals surface area contributed by atoms with Crippen LogP contribution in [0.25, 0.3) is 0 Å². The Morgan fingerprint density at radius 2 is 2.12 bits per heavy atom. The molecule has 3 nitrogen and oxygen atoms in total. The van der Waals surface area contributed by atoms with E-state index < -0.39 is 0 Å². The normalized spacial score (nSPS) is 15.1. The topological polar surface area (TPSA) is 37.8 Å². The van der Waals surface area contributed by atoms with Gasteiger partial charge in [-0.1, -0.05) is 27.2 Å². The van der Waals surface area contributed by atoms with Gasteiger partial charge >= 0.3 is 0 Å². The zero-order chi connectivity index (χ0) is 12.3. The molecule has 2 heterocycles. The zero-order valence-electron chi connectivity index (χ0n) is 11.2. The molecule has 0 fully saturated rings. The molecule has 0 spiro atoms. The van der Waals surface area contributed by atoms with E-state index in [2.05, 4.69) is 26.1 Å². The Balaban J connectivity index is 2.33. The number of nitrogens with one attached hydrogen (secondary N) is 1. The molecule has 0 amide bonds. The molecule has 0 unspecified atom stereocenters. The van der Waals surface area contributed by atoms with Crippen molar-refractivity contribution in [2.45, 2.75) is 53.0 Å². The number of hydrogen-bond donors (Lipinski definition) is 1. The molecule has 94 valence electrons. The molecular formula is C14H23N3. The van der Waals surface area contributed by atoms with Crippen molar-refractivity contribution in [1.82, 2.24) is 15.3 Å². The van der Waals surface area contributed by atoms with Crippen molar-refractivity contribution in [3.63, 3.8) is 0 Å². The lowest BCUT2D eigenvalue weighted by Gasteiger charge is -2.20. The molecule has 0 aliphatic carbocycles. The third-order valence-corrected chi connectivity index (χ3v) is 3.15. The summed E-state index contributed by atoms with van der Waals surface area (Å²) in [6.07, 6.45) is 4.34. The molecule has 1 aromatic rings. The third kappa shape index (κ3) is 3.03. The van der Waals surface area contributed by atoms with Crippen LogP contribution in [0.15, 0.2) is 0 Å². The van der Waals surface area contributed by atoms with Gasteiger partial charge in [0.25, 0.3) is 0 Å². The number of hydrogen-bond acceptors (Lipinski definition) is 3. The number of nitrogens with zero attached hydrogens (tertiary/aromatic N) is 2. The molecule has 0 aromatic carbocycles. The van der Waals surface area contributed by atoms with Crippen molar-refractivity contribution in [3.05, 3.63) is 22.8 Å². The lowest BCUT2D eigenvalue weighted by atomic mass is 10.0. The minimum atomic E-state index is 0.624. The molecule has 3 heteroatoms. The van der Waals surface area contributed by atoms with Crippen LogP contribution in [0.4, 0.5) is 0 Å². The van der Waals surface area contributed by atoms with Gasteiger partial charge in [0, 0.05) is 18.7 Å². The summed E-state index contributed by atoms with van der Waals surface area (Å²) in [4.78, 5) is 9.50. The molecule has 0 saturated carbocycles. The summed E-state index contributed by atoms with van der Waals surface area (Å²) in [7, 11) is 0. The molecule has 0 bridgehead atoms. The second-order valence-electron chi connectivity index (χ2n) is 5.29. The van der Waals surface area contributed by atoms with E-state index in [0.717, 1.165) is 44.6 Å². The van der Waals surface area contributed by atoms with E-state index >= 15 is 0 Å². The first-order valence-electron chi connectivity index (χ1n) is 6.79. The van der Waals surface area contributed by atoms with Gasteiger partial charge in [-0.25, -0.2) is 9.97 Å². The summed E-state index contributed by atoms with van der Waals surface area (Å²) in [6.45, 7) is 8.65. The van der Waals surface area contributed by atoms with Crippen molar-refractivity contribution < 1.29 is 0 Å². The number of rotatable bonds is 4. The highest BCUT2D eigenvalue weighted by Crippen LogP contribution is 2.18. The maximum absolute atomic E-state index is 4.78. The quantitative estimate of drug-likeness (QED) is 0.867. The predicted octanol–water partition coefficient (Wildman–Crippen LogP) is 2.27. The van der Waals surface area contributed by atoms with Crippen LogP contribution in [0.3, 0.4) is 0 Å². The van der Waals surface area contributed by atoms with Gasteiger partial charge < -0.3 is 5.32 Å². The van der Waals surface area contributed by atoms with E-state index in [1.54, 1.807) is 0 Å². The van der Waals surface area contributed by atoms with Crippen LogP contribution < -0.4 is 5.32 Å². The first kappa shape index (κ1) is 12.5. The Hall–Kier alpha value is -0.960. The van der Waals surface area contributed by atoms with E-state index in [0.29, 0.717) is 5.92 Å². The van der Waals surface area contributed by atoms with Crippen molar-refractivity contribution in [3.8, 4) is 0 Å². The van der Waals surface area contributed by atoms with Crippen LogP contribution in [-0.2, 0) is 25.8 Å². The maximum atomic E-state index is 4.78. The Kier molecular flexibility index (Phi) is 4.11. The van der Waals surface area contributed by atoms with Gasteiger partial charge in [0.15, 0.2) is 0 Å². The van der Waals surface area contributed by atoms with Gasteiger partial charge in [-0.3, -0.25) is 0 Å². The Morgan fingerprint density at radius 1 is 1.29 bits per heavy atom. The fourth-order valence-electron chi connectivity index (χ4n) is 2.39. The first-order chi connectivity index (χ1) is 8.20. The number of aryl methyl sites for hydroxylation is 1. The minimum absolute atomic E-state index is 0.624. The van der Waals surface area contributed by atoms with E-state index in [-0.39, 0.29) is 0 Å². The average Bonchev–Trinajstić information content (AvgIpc) is 2.28. The van der Waals surface area contributed by atoms with Crippen molar-refractivity contribution in [1.29, 1.82) is 0 Å². The Morgan fingerprint density at radius 3 is 2.82 bits per heavy atom. The van der Waals surface area contributed by atoms with Gasteiger partial charge in [0.1, 0.15) is 5.82 Å². The molecule has 0 saturated heterocycles. The van der Waals surface area contributed by atoms with E-state index in [1.807, 2.05) is 0 Å². The summed E-state index contributed by atoms with van der Waals surface area (Å²) in [5.74, 6) is 1.66. The molecule has 1 aliphatic heterocycles. The van der Waals surface area contributed by atoms with E-state index in [9.17, 15) is 0 Å².